The second kappa shape index (κ2) is 7.68. The zero-order valence-electron chi connectivity index (χ0n) is 10.1. The van der Waals surface area contributed by atoms with E-state index in [-0.39, 0.29) is 0 Å². The summed E-state index contributed by atoms with van der Waals surface area (Å²) < 4.78 is 0. The van der Waals surface area contributed by atoms with Gasteiger partial charge in [0.1, 0.15) is 0 Å². The fourth-order valence-corrected chi connectivity index (χ4v) is 1.80. The second-order valence-corrected chi connectivity index (χ2v) is 4.25. The maximum absolute atomic E-state index is 10.3. The maximum atomic E-state index is 10.3. The Morgan fingerprint density at radius 3 is 2.12 bits per heavy atom. The van der Waals surface area contributed by atoms with Crippen LogP contribution in [0.25, 0.3) is 0 Å². The van der Waals surface area contributed by atoms with Gasteiger partial charge in [0.2, 0.25) is 0 Å². The molecule has 1 fully saturated rings. The van der Waals surface area contributed by atoms with E-state index in [0.717, 1.165) is 5.69 Å². The number of carbonyl (C=O) groups is 1. The third-order valence-corrected chi connectivity index (χ3v) is 2.69. The van der Waals surface area contributed by atoms with Crippen LogP contribution in [0.2, 0.25) is 0 Å². The molecule has 0 atom stereocenters. The minimum Gasteiger partial charge on any atom is -0.351 e. The van der Waals surface area contributed by atoms with Crippen LogP contribution in [0.4, 0.5) is 10.5 Å². The molecule has 0 saturated heterocycles. The Morgan fingerprint density at radius 1 is 1.12 bits per heavy atom. The SMILES string of the molecule is NC(=O)Nc1ccccc1.NC1CCCCC1. The van der Waals surface area contributed by atoms with Crippen LogP contribution in [0.15, 0.2) is 30.3 Å². The highest BCUT2D eigenvalue weighted by Gasteiger charge is 2.06. The number of carbonyl (C=O) groups excluding carboxylic acids is 1. The molecule has 4 heteroatoms. The molecule has 1 aromatic carbocycles. The molecule has 0 spiro atoms. The van der Waals surface area contributed by atoms with E-state index < -0.39 is 6.03 Å². The van der Waals surface area contributed by atoms with Crippen molar-refractivity contribution in [1.82, 2.24) is 0 Å². The first-order valence-corrected chi connectivity index (χ1v) is 6.05. The number of primary amides is 1. The Bertz CT molecular complexity index is 321. The Hall–Kier alpha value is -1.55. The van der Waals surface area contributed by atoms with Gasteiger partial charge in [-0.1, -0.05) is 37.5 Å². The summed E-state index contributed by atoms with van der Waals surface area (Å²) >= 11 is 0. The minimum absolute atomic E-state index is 0.536. The van der Waals surface area contributed by atoms with E-state index in [1.165, 1.54) is 32.1 Å². The molecule has 0 aliphatic heterocycles. The molecule has 1 aliphatic rings. The molecule has 5 N–H and O–H groups in total. The molecule has 2 rings (SSSR count). The Kier molecular flexibility index (Phi) is 6.10. The average molecular weight is 235 g/mol. The molecule has 4 nitrogen and oxygen atoms in total. The lowest BCUT2D eigenvalue weighted by molar-refractivity contribution is 0.259. The Labute approximate surface area is 102 Å². The van der Waals surface area contributed by atoms with Crippen molar-refractivity contribution >= 4 is 11.7 Å². The van der Waals surface area contributed by atoms with Gasteiger partial charge in [0.15, 0.2) is 0 Å². The van der Waals surface area contributed by atoms with Crippen molar-refractivity contribution in [3.63, 3.8) is 0 Å². The summed E-state index contributed by atoms with van der Waals surface area (Å²) in [6.07, 6.45) is 6.66. The quantitative estimate of drug-likeness (QED) is 0.698. The van der Waals surface area contributed by atoms with Crippen molar-refractivity contribution in [2.45, 2.75) is 38.1 Å². The van der Waals surface area contributed by atoms with E-state index >= 15 is 0 Å². The summed E-state index contributed by atoms with van der Waals surface area (Å²) in [6, 6.07) is 9.05. The van der Waals surface area contributed by atoms with Gasteiger partial charge in [-0.05, 0) is 25.0 Å². The number of hydrogen-bond acceptors (Lipinski definition) is 2. The van der Waals surface area contributed by atoms with Crippen LogP contribution in [-0.4, -0.2) is 12.1 Å². The summed E-state index contributed by atoms with van der Waals surface area (Å²) in [4.78, 5) is 10.3. The molecule has 94 valence electrons. The zero-order chi connectivity index (χ0) is 12.5. The summed E-state index contributed by atoms with van der Waals surface area (Å²) in [5.74, 6) is 0. The number of para-hydroxylation sites is 1. The van der Waals surface area contributed by atoms with Gasteiger partial charge >= 0.3 is 6.03 Å². The Morgan fingerprint density at radius 2 is 1.71 bits per heavy atom. The molecule has 1 aromatic rings. The van der Waals surface area contributed by atoms with E-state index in [1.807, 2.05) is 18.2 Å². The van der Waals surface area contributed by atoms with Gasteiger partial charge in [0.05, 0.1) is 0 Å². The van der Waals surface area contributed by atoms with Gasteiger partial charge in [-0.15, -0.1) is 0 Å². The van der Waals surface area contributed by atoms with E-state index in [9.17, 15) is 4.79 Å². The van der Waals surface area contributed by atoms with Crippen molar-refractivity contribution < 1.29 is 4.79 Å². The molecule has 0 radical (unpaired) electrons. The van der Waals surface area contributed by atoms with Crippen LogP contribution < -0.4 is 16.8 Å². The van der Waals surface area contributed by atoms with Gasteiger partial charge in [-0.25, -0.2) is 4.79 Å². The number of nitrogens with one attached hydrogen (secondary N) is 1. The van der Waals surface area contributed by atoms with Gasteiger partial charge in [0, 0.05) is 11.7 Å². The number of nitrogens with two attached hydrogens (primary N) is 2. The normalized spacial score (nSPS) is 15.6. The zero-order valence-corrected chi connectivity index (χ0v) is 10.1. The fourth-order valence-electron chi connectivity index (χ4n) is 1.80. The number of rotatable bonds is 1. The molecule has 1 aliphatic carbocycles. The topological polar surface area (TPSA) is 81.1 Å². The third-order valence-electron chi connectivity index (χ3n) is 2.69. The number of amides is 2. The van der Waals surface area contributed by atoms with Gasteiger partial charge in [-0.2, -0.15) is 0 Å². The maximum Gasteiger partial charge on any atom is 0.316 e. The average Bonchev–Trinajstić information content (AvgIpc) is 2.31. The highest BCUT2D eigenvalue weighted by molar-refractivity contribution is 5.87. The van der Waals surface area contributed by atoms with E-state index in [0.29, 0.717) is 6.04 Å². The van der Waals surface area contributed by atoms with E-state index in [2.05, 4.69) is 5.32 Å². The molecule has 2 amide bonds. The van der Waals surface area contributed by atoms with Crippen molar-refractivity contribution in [3.05, 3.63) is 30.3 Å². The second-order valence-electron chi connectivity index (χ2n) is 4.25. The number of anilines is 1. The summed E-state index contributed by atoms with van der Waals surface area (Å²) in [6.45, 7) is 0. The summed E-state index contributed by atoms with van der Waals surface area (Å²) in [5.41, 5.74) is 11.2. The summed E-state index contributed by atoms with van der Waals surface area (Å²) in [5, 5.41) is 2.44. The van der Waals surface area contributed by atoms with Crippen molar-refractivity contribution in [2.75, 3.05) is 5.32 Å². The first-order valence-electron chi connectivity index (χ1n) is 6.05. The largest absolute Gasteiger partial charge is 0.351 e. The van der Waals surface area contributed by atoms with E-state index in [1.54, 1.807) is 12.1 Å². The predicted octanol–water partition coefficient (Wildman–Crippen LogP) is 2.46. The van der Waals surface area contributed by atoms with Crippen LogP contribution >= 0.6 is 0 Å². The van der Waals surface area contributed by atoms with Crippen LogP contribution in [0.3, 0.4) is 0 Å². The lowest BCUT2D eigenvalue weighted by Gasteiger charge is -2.15. The molecule has 0 unspecified atom stereocenters. The molecular weight excluding hydrogens is 214 g/mol. The van der Waals surface area contributed by atoms with Crippen LogP contribution in [0, 0.1) is 0 Å². The van der Waals surface area contributed by atoms with Gasteiger partial charge in [-0.3, -0.25) is 0 Å². The van der Waals surface area contributed by atoms with Crippen molar-refractivity contribution in [2.24, 2.45) is 11.5 Å². The summed E-state index contributed by atoms with van der Waals surface area (Å²) in [7, 11) is 0. The number of benzene rings is 1. The van der Waals surface area contributed by atoms with Crippen molar-refractivity contribution in [3.8, 4) is 0 Å². The molecule has 1 saturated carbocycles. The molecular formula is C13H21N3O. The smallest absolute Gasteiger partial charge is 0.316 e. The third kappa shape index (κ3) is 6.58. The molecule has 0 heterocycles. The van der Waals surface area contributed by atoms with E-state index in [4.69, 9.17) is 11.5 Å². The minimum atomic E-state index is -0.536. The van der Waals surface area contributed by atoms with Crippen LogP contribution in [0.5, 0.6) is 0 Å². The first kappa shape index (κ1) is 13.5. The first-order chi connectivity index (χ1) is 8.18. The molecule has 0 bridgehead atoms. The predicted molar refractivity (Wildman–Crippen MR) is 70.7 cm³/mol. The van der Waals surface area contributed by atoms with Crippen LogP contribution in [0.1, 0.15) is 32.1 Å². The lowest BCUT2D eigenvalue weighted by atomic mass is 9.97. The number of hydrogen-bond donors (Lipinski definition) is 3. The monoisotopic (exact) mass is 235 g/mol. The highest BCUT2D eigenvalue weighted by Crippen LogP contribution is 2.14. The highest BCUT2D eigenvalue weighted by atomic mass is 16.2. The lowest BCUT2D eigenvalue weighted by Crippen LogP contribution is -2.22. The fraction of sp³-hybridized carbons (Fsp3) is 0.462. The molecule has 17 heavy (non-hydrogen) atoms. The van der Waals surface area contributed by atoms with Crippen molar-refractivity contribution in [1.29, 1.82) is 0 Å². The standard InChI is InChI=1S/C7H8N2O.C6H13N/c8-7(10)9-6-4-2-1-3-5-6;7-6-4-2-1-3-5-6/h1-5H,(H3,8,9,10);6H,1-5,7H2. The molecule has 0 aromatic heterocycles. The number of urea groups is 1. The van der Waals surface area contributed by atoms with Crippen LogP contribution in [-0.2, 0) is 0 Å². The van der Waals surface area contributed by atoms with Gasteiger partial charge in [0.25, 0.3) is 0 Å². The van der Waals surface area contributed by atoms with Gasteiger partial charge < -0.3 is 16.8 Å². The Balaban J connectivity index is 0.000000181.